The smallest absolute Gasteiger partial charge is 0.157 e. The highest BCUT2D eigenvalue weighted by atomic mass is 16.3. The number of nitrogens with one attached hydrogen (secondary N) is 1. The number of rotatable bonds is 5. The first kappa shape index (κ1) is 16.1. The third kappa shape index (κ3) is 3.89. The molecule has 118 valence electrons. The topological polar surface area (TPSA) is 55.7 Å². The Hall–Kier alpha value is -1.26. The molecule has 1 aliphatic rings. The van der Waals surface area contributed by atoms with Crippen molar-refractivity contribution in [2.45, 2.75) is 44.7 Å². The summed E-state index contributed by atoms with van der Waals surface area (Å²) in [4.78, 5) is 2.37. The highest BCUT2D eigenvalue weighted by molar-refractivity contribution is 5.40. The number of aromatic hydroxyl groups is 2. The van der Waals surface area contributed by atoms with Gasteiger partial charge in [0, 0.05) is 18.6 Å². The van der Waals surface area contributed by atoms with Crippen LogP contribution in [0.1, 0.15) is 38.2 Å². The van der Waals surface area contributed by atoms with Gasteiger partial charge in [0.05, 0.1) is 0 Å². The summed E-state index contributed by atoms with van der Waals surface area (Å²) in [6, 6.07) is 5.00. The molecule has 0 heterocycles. The lowest BCUT2D eigenvalue weighted by Gasteiger charge is -2.45. The number of phenolic OH excluding ortho intramolecular Hbond substituents is 2. The van der Waals surface area contributed by atoms with Gasteiger partial charge in [-0.3, -0.25) is 0 Å². The van der Waals surface area contributed by atoms with E-state index >= 15 is 0 Å². The zero-order valence-electron chi connectivity index (χ0n) is 13.4. The van der Waals surface area contributed by atoms with E-state index in [-0.39, 0.29) is 17.0 Å². The SMILES string of the molecule is CC1CCCC(CNCc2ccc(O)c(O)c2)(N(C)C)C1. The van der Waals surface area contributed by atoms with Crippen LogP contribution in [0.4, 0.5) is 0 Å². The number of benzene rings is 1. The van der Waals surface area contributed by atoms with Gasteiger partial charge in [0.2, 0.25) is 0 Å². The van der Waals surface area contributed by atoms with Gasteiger partial charge in [0.15, 0.2) is 11.5 Å². The van der Waals surface area contributed by atoms with Crippen LogP contribution >= 0.6 is 0 Å². The van der Waals surface area contributed by atoms with Crippen molar-refractivity contribution >= 4 is 0 Å². The average molecular weight is 292 g/mol. The normalized spacial score (nSPS) is 26.2. The minimum atomic E-state index is -0.0652. The largest absolute Gasteiger partial charge is 0.504 e. The van der Waals surface area contributed by atoms with E-state index in [0.29, 0.717) is 6.54 Å². The fourth-order valence-corrected chi connectivity index (χ4v) is 3.48. The summed E-state index contributed by atoms with van der Waals surface area (Å²) >= 11 is 0. The molecule has 3 N–H and O–H groups in total. The molecule has 2 atom stereocenters. The molecule has 0 aliphatic heterocycles. The molecule has 1 aromatic rings. The number of hydrogen-bond donors (Lipinski definition) is 3. The van der Waals surface area contributed by atoms with Gasteiger partial charge in [-0.15, -0.1) is 0 Å². The van der Waals surface area contributed by atoms with E-state index < -0.39 is 0 Å². The Morgan fingerprint density at radius 2 is 2.05 bits per heavy atom. The predicted octanol–water partition coefficient (Wildman–Crippen LogP) is 2.70. The van der Waals surface area contributed by atoms with E-state index in [1.165, 1.54) is 31.7 Å². The van der Waals surface area contributed by atoms with E-state index in [2.05, 4.69) is 31.2 Å². The number of phenols is 2. The fraction of sp³-hybridized carbons (Fsp3) is 0.647. The first-order valence-electron chi connectivity index (χ1n) is 7.82. The van der Waals surface area contributed by atoms with Gasteiger partial charge in [0.25, 0.3) is 0 Å². The van der Waals surface area contributed by atoms with E-state index in [1.807, 2.05) is 6.07 Å². The van der Waals surface area contributed by atoms with Crippen molar-refractivity contribution in [3.05, 3.63) is 23.8 Å². The molecule has 0 spiro atoms. The maximum absolute atomic E-state index is 9.54. The number of likely N-dealkylation sites (N-methyl/N-ethyl adjacent to an activating group) is 1. The predicted molar refractivity (Wildman–Crippen MR) is 85.5 cm³/mol. The van der Waals surface area contributed by atoms with Crippen molar-refractivity contribution in [1.82, 2.24) is 10.2 Å². The summed E-state index contributed by atoms with van der Waals surface area (Å²) in [5.41, 5.74) is 1.22. The second-order valence-corrected chi connectivity index (χ2v) is 6.75. The molecular weight excluding hydrogens is 264 g/mol. The molecule has 0 bridgehead atoms. The third-order valence-corrected chi connectivity index (χ3v) is 4.84. The first-order valence-corrected chi connectivity index (χ1v) is 7.82. The molecule has 21 heavy (non-hydrogen) atoms. The lowest BCUT2D eigenvalue weighted by molar-refractivity contribution is 0.0749. The Morgan fingerprint density at radius 3 is 2.67 bits per heavy atom. The quantitative estimate of drug-likeness (QED) is 0.730. The van der Waals surface area contributed by atoms with Crippen LogP contribution in [0.5, 0.6) is 11.5 Å². The maximum atomic E-state index is 9.54. The summed E-state index contributed by atoms with van der Waals surface area (Å²) in [5.74, 6) is 0.660. The summed E-state index contributed by atoms with van der Waals surface area (Å²) < 4.78 is 0. The zero-order chi connectivity index (χ0) is 15.5. The van der Waals surface area contributed by atoms with Gasteiger partial charge >= 0.3 is 0 Å². The average Bonchev–Trinajstić information content (AvgIpc) is 2.42. The van der Waals surface area contributed by atoms with Gasteiger partial charge in [-0.2, -0.15) is 0 Å². The Kier molecular flexibility index (Phi) is 5.12. The van der Waals surface area contributed by atoms with Crippen molar-refractivity contribution in [1.29, 1.82) is 0 Å². The van der Waals surface area contributed by atoms with E-state index in [9.17, 15) is 10.2 Å². The molecule has 0 saturated heterocycles. The van der Waals surface area contributed by atoms with Crippen LogP contribution in [-0.2, 0) is 6.54 Å². The summed E-state index contributed by atoms with van der Waals surface area (Å²) in [5, 5.41) is 22.4. The molecule has 2 rings (SSSR count). The molecule has 1 fully saturated rings. The fourth-order valence-electron chi connectivity index (χ4n) is 3.48. The van der Waals surface area contributed by atoms with Gasteiger partial charge in [-0.05, 0) is 50.6 Å². The summed E-state index contributed by atoms with van der Waals surface area (Å²) in [6.07, 6.45) is 5.09. The molecule has 1 aromatic carbocycles. The van der Waals surface area contributed by atoms with Crippen LogP contribution in [0.3, 0.4) is 0 Å². The molecule has 0 radical (unpaired) electrons. The van der Waals surface area contributed by atoms with Crippen molar-refractivity contribution < 1.29 is 10.2 Å². The van der Waals surface area contributed by atoms with Crippen LogP contribution in [0.25, 0.3) is 0 Å². The van der Waals surface area contributed by atoms with Crippen molar-refractivity contribution in [2.75, 3.05) is 20.6 Å². The third-order valence-electron chi connectivity index (χ3n) is 4.84. The number of nitrogens with zero attached hydrogens (tertiary/aromatic N) is 1. The van der Waals surface area contributed by atoms with E-state index in [0.717, 1.165) is 18.0 Å². The first-order chi connectivity index (χ1) is 9.93. The minimum Gasteiger partial charge on any atom is -0.504 e. The van der Waals surface area contributed by atoms with Crippen LogP contribution in [0, 0.1) is 5.92 Å². The zero-order valence-corrected chi connectivity index (χ0v) is 13.4. The number of hydrogen-bond acceptors (Lipinski definition) is 4. The van der Waals surface area contributed by atoms with Crippen LogP contribution in [-0.4, -0.2) is 41.3 Å². The second-order valence-electron chi connectivity index (χ2n) is 6.75. The molecule has 4 heteroatoms. The van der Waals surface area contributed by atoms with Gasteiger partial charge < -0.3 is 20.4 Å². The van der Waals surface area contributed by atoms with E-state index in [1.54, 1.807) is 6.07 Å². The highest BCUT2D eigenvalue weighted by Gasteiger charge is 2.36. The Balaban J connectivity index is 1.94. The Labute approximate surface area is 127 Å². The molecule has 0 amide bonds. The van der Waals surface area contributed by atoms with Crippen LogP contribution < -0.4 is 5.32 Å². The van der Waals surface area contributed by atoms with Crippen LogP contribution in [0.15, 0.2) is 18.2 Å². The standard InChI is InChI=1S/C17H28N2O2/c1-13-5-4-8-17(10-13,19(2)3)12-18-11-14-6-7-15(20)16(21)9-14/h6-7,9,13,18,20-21H,4-5,8,10-12H2,1-3H3. The van der Waals surface area contributed by atoms with Gasteiger partial charge in [0.1, 0.15) is 0 Å². The summed E-state index contributed by atoms with van der Waals surface area (Å²) in [6.45, 7) is 4.00. The molecule has 4 nitrogen and oxygen atoms in total. The molecule has 2 unspecified atom stereocenters. The monoisotopic (exact) mass is 292 g/mol. The lowest BCUT2D eigenvalue weighted by atomic mass is 9.75. The maximum Gasteiger partial charge on any atom is 0.157 e. The molecular formula is C17H28N2O2. The highest BCUT2D eigenvalue weighted by Crippen LogP contribution is 2.35. The molecule has 1 saturated carbocycles. The second kappa shape index (κ2) is 6.67. The van der Waals surface area contributed by atoms with Crippen molar-refractivity contribution in [3.63, 3.8) is 0 Å². The molecule has 1 aliphatic carbocycles. The Morgan fingerprint density at radius 1 is 1.29 bits per heavy atom. The van der Waals surface area contributed by atoms with Crippen molar-refractivity contribution in [2.24, 2.45) is 5.92 Å². The summed E-state index contributed by atoms with van der Waals surface area (Å²) in [7, 11) is 4.35. The van der Waals surface area contributed by atoms with Crippen molar-refractivity contribution in [3.8, 4) is 11.5 Å². The minimum absolute atomic E-state index is 0.0529. The lowest BCUT2D eigenvalue weighted by Crippen LogP contribution is -2.54. The van der Waals surface area contributed by atoms with E-state index in [4.69, 9.17) is 0 Å². The Bertz CT molecular complexity index is 476. The van der Waals surface area contributed by atoms with Gasteiger partial charge in [-0.1, -0.05) is 25.8 Å². The van der Waals surface area contributed by atoms with Gasteiger partial charge in [-0.25, -0.2) is 0 Å². The van der Waals surface area contributed by atoms with Crippen LogP contribution in [0.2, 0.25) is 0 Å². The molecule has 0 aromatic heterocycles.